The second-order valence-electron chi connectivity index (χ2n) is 2.85. The summed E-state index contributed by atoms with van der Waals surface area (Å²) in [5.41, 5.74) is 0.956. The van der Waals surface area contributed by atoms with Gasteiger partial charge in [0.05, 0.1) is 6.26 Å². The van der Waals surface area contributed by atoms with E-state index in [0.29, 0.717) is 0 Å². The van der Waals surface area contributed by atoms with Crippen molar-refractivity contribution in [3.8, 4) is 0 Å². The van der Waals surface area contributed by atoms with Gasteiger partial charge in [0.15, 0.2) is 0 Å². The lowest BCUT2D eigenvalue weighted by atomic mass is 10.3. The first-order valence-corrected chi connectivity index (χ1v) is 4.59. The fraction of sp³-hybridized carbons (Fsp3) is 0. The second kappa shape index (κ2) is 4.91. The molecule has 0 N–H and O–H groups in total. The molecule has 0 atom stereocenters. The van der Waals surface area contributed by atoms with Crippen molar-refractivity contribution in [2.45, 2.75) is 0 Å². The Labute approximate surface area is 87.4 Å². The van der Waals surface area contributed by atoms with Crippen LogP contribution < -0.4 is 0 Å². The van der Waals surface area contributed by atoms with E-state index in [9.17, 15) is 0 Å². The summed E-state index contributed by atoms with van der Waals surface area (Å²) in [4.78, 5) is 7.44. The van der Waals surface area contributed by atoms with Crippen molar-refractivity contribution in [1.82, 2.24) is 9.97 Å². The Kier molecular flexibility index (Phi) is 3.07. The van der Waals surface area contributed by atoms with E-state index in [1.807, 2.05) is 30.3 Å². The predicted molar refractivity (Wildman–Crippen MR) is 58.2 cm³/mol. The molecule has 3 nitrogen and oxygen atoms in total. The van der Waals surface area contributed by atoms with E-state index >= 15 is 0 Å². The molecule has 15 heavy (non-hydrogen) atoms. The Bertz CT molecular complexity index is 448. The van der Waals surface area contributed by atoms with Gasteiger partial charge in [0, 0.05) is 30.2 Å². The molecule has 0 aliphatic carbocycles. The van der Waals surface area contributed by atoms with Crippen molar-refractivity contribution < 1.29 is 4.42 Å². The minimum absolute atomic E-state index is 0.956. The molecule has 0 saturated carbocycles. The number of furan rings is 1. The lowest BCUT2D eigenvalue weighted by Crippen LogP contribution is -1.66. The molecule has 0 radical (unpaired) electrons. The third-order valence-electron chi connectivity index (χ3n) is 1.84. The lowest BCUT2D eigenvalue weighted by Gasteiger charge is -1.81. The van der Waals surface area contributed by atoms with Gasteiger partial charge in [-0.25, -0.2) is 0 Å². The zero-order valence-electron chi connectivity index (χ0n) is 8.08. The molecule has 1 aromatic carbocycles. The highest BCUT2D eigenvalue weighted by Gasteiger charge is 1.89. The summed E-state index contributed by atoms with van der Waals surface area (Å²) >= 11 is 0. The summed E-state index contributed by atoms with van der Waals surface area (Å²) in [6.07, 6.45) is 8.25. The van der Waals surface area contributed by atoms with E-state index in [4.69, 9.17) is 4.42 Å². The van der Waals surface area contributed by atoms with Crippen LogP contribution in [0, 0.1) is 0 Å². The largest absolute Gasteiger partial charge is 0.464 e. The Balaban J connectivity index is 0.000000124. The Morgan fingerprint density at radius 3 is 2.07 bits per heavy atom. The highest BCUT2D eigenvalue weighted by Crippen LogP contribution is 2.12. The molecule has 0 spiro atoms. The molecule has 0 saturated heterocycles. The van der Waals surface area contributed by atoms with Crippen molar-refractivity contribution in [3.63, 3.8) is 0 Å². The van der Waals surface area contributed by atoms with Gasteiger partial charge in [0.1, 0.15) is 5.58 Å². The van der Waals surface area contributed by atoms with E-state index < -0.39 is 0 Å². The molecule has 0 fully saturated rings. The molecule has 0 unspecified atom stereocenters. The Morgan fingerprint density at radius 2 is 1.47 bits per heavy atom. The van der Waals surface area contributed by atoms with Crippen LogP contribution in [-0.4, -0.2) is 9.97 Å². The normalized spacial score (nSPS) is 9.33. The monoisotopic (exact) mass is 198 g/mol. The van der Waals surface area contributed by atoms with E-state index in [1.165, 1.54) is 0 Å². The fourth-order valence-corrected chi connectivity index (χ4v) is 1.16. The van der Waals surface area contributed by atoms with Gasteiger partial charge >= 0.3 is 0 Å². The maximum absolute atomic E-state index is 5.12. The fourth-order valence-electron chi connectivity index (χ4n) is 1.16. The molecule has 74 valence electrons. The first-order chi connectivity index (χ1) is 7.47. The topological polar surface area (TPSA) is 38.9 Å². The summed E-state index contributed by atoms with van der Waals surface area (Å²) in [7, 11) is 0. The van der Waals surface area contributed by atoms with E-state index in [0.717, 1.165) is 11.0 Å². The van der Waals surface area contributed by atoms with Crippen LogP contribution in [-0.2, 0) is 0 Å². The maximum atomic E-state index is 5.12. The zero-order chi connectivity index (χ0) is 10.3. The van der Waals surface area contributed by atoms with Gasteiger partial charge in [0.25, 0.3) is 0 Å². The van der Waals surface area contributed by atoms with Crippen LogP contribution in [0.5, 0.6) is 0 Å². The molecule has 2 heterocycles. The number of rotatable bonds is 0. The third kappa shape index (κ3) is 2.64. The molecule has 0 bridgehead atoms. The summed E-state index contributed by atoms with van der Waals surface area (Å²) in [5, 5.41) is 1.16. The molecule has 3 aromatic rings. The van der Waals surface area contributed by atoms with Crippen LogP contribution in [0.3, 0.4) is 0 Å². The smallest absolute Gasteiger partial charge is 0.133 e. The van der Waals surface area contributed by atoms with Gasteiger partial charge in [0.2, 0.25) is 0 Å². The number of benzene rings is 1. The van der Waals surface area contributed by atoms with Crippen LogP contribution in [0.2, 0.25) is 0 Å². The SMILES string of the molecule is c1ccc2occc2c1.c1cnccn1. The van der Waals surface area contributed by atoms with Crippen molar-refractivity contribution in [2.75, 3.05) is 0 Å². The number of hydrogen-bond donors (Lipinski definition) is 0. The molecule has 0 aliphatic rings. The first kappa shape index (κ1) is 9.40. The standard InChI is InChI=1S/C8H6O.C4H4N2/c1-2-4-8-7(3-1)5-6-9-8;1-2-6-4-3-5-1/h1-6H;1-4H. The van der Waals surface area contributed by atoms with Gasteiger partial charge < -0.3 is 4.42 Å². The van der Waals surface area contributed by atoms with E-state index in [1.54, 1.807) is 31.1 Å². The molecule has 2 aromatic heterocycles. The van der Waals surface area contributed by atoms with Gasteiger partial charge in [-0.3, -0.25) is 9.97 Å². The van der Waals surface area contributed by atoms with Crippen LogP contribution in [0.1, 0.15) is 0 Å². The number of hydrogen-bond acceptors (Lipinski definition) is 3. The lowest BCUT2D eigenvalue weighted by molar-refractivity contribution is 0.616. The summed E-state index contributed by atoms with van der Waals surface area (Å²) in [6.45, 7) is 0. The van der Waals surface area contributed by atoms with Crippen LogP contribution in [0.15, 0.2) is 65.8 Å². The highest BCUT2D eigenvalue weighted by molar-refractivity contribution is 5.76. The highest BCUT2D eigenvalue weighted by atomic mass is 16.3. The predicted octanol–water partition coefficient (Wildman–Crippen LogP) is 2.91. The van der Waals surface area contributed by atoms with Crippen molar-refractivity contribution in [2.24, 2.45) is 0 Å². The minimum atomic E-state index is 0.956. The molecular formula is C12H10N2O. The van der Waals surface area contributed by atoms with Gasteiger partial charge in [-0.05, 0) is 12.1 Å². The van der Waals surface area contributed by atoms with Crippen molar-refractivity contribution >= 4 is 11.0 Å². The molecule has 3 rings (SSSR count). The van der Waals surface area contributed by atoms with Crippen LogP contribution in [0.25, 0.3) is 11.0 Å². The van der Waals surface area contributed by atoms with Crippen molar-refractivity contribution in [1.29, 1.82) is 0 Å². The Hall–Kier alpha value is -2.16. The number of aromatic nitrogens is 2. The van der Waals surface area contributed by atoms with E-state index in [2.05, 4.69) is 9.97 Å². The van der Waals surface area contributed by atoms with Gasteiger partial charge in [-0.15, -0.1) is 0 Å². The maximum Gasteiger partial charge on any atom is 0.133 e. The number of para-hydroxylation sites is 1. The summed E-state index contributed by atoms with van der Waals surface area (Å²) in [5.74, 6) is 0. The van der Waals surface area contributed by atoms with Crippen LogP contribution in [0.4, 0.5) is 0 Å². The number of fused-ring (bicyclic) bond motifs is 1. The molecular weight excluding hydrogens is 188 g/mol. The average molecular weight is 198 g/mol. The zero-order valence-corrected chi connectivity index (χ0v) is 8.08. The molecule has 0 aliphatic heterocycles. The van der Waals surface area contributed by atoms with Crippen molar-refractivity contribution in [3.05, 3.63) is 61.4 Å². The summed E-state index contributed by atoms with van der Waals surface area (Å²) in [6, 6.07) is 9.90. The van der Waals surface area contributed by atoms with Gasteiger partial charge in [-0.1, -0.05) is 18.2 Å². The average Bonchev–Trinajstić information content (AvgIpc) is 2.80. The Morgan fingerprint density at radius 1 is 0.800 bits per heavy atom. The first-order valence-electron chi connectivity index (χ1n) is 4.59. The quantitative estimate of drug-likeness (QED) is 0.557. The minimum Gasteiger partial charge on any atom is -0.464 e. The van der Waals surface area contributed by atoms with Crippen LogP contribution >= 0.6 is 0 Å². The molecule has 3 heteroatoms. The summed E-state index contributed by atoms with van der Waals surface area (Å²) < 4.78 is 5.12. The number of nitrogens with zero attached hydrogens (tertiary/aromatic N) is 2. The van der Waals surface area contributed by atoms with E-state index in [-0.39, 0.29) is 0 Å². The third-order valence-corrected chi connectivity index (χ3v) is 1.84. The molecule has 0 amide bonds. The second-order valence-corrected chi connectivity index (χ2v) is 2.85. The van der Waals surface area contributed by atoms with Gasteiger partial charge in [-0.2, -0.15) is 0 Å².